The minimum atomic E-state index is -0.569. The van der Waals surface area contributed by atoms with E-state index >= 15 is 0 Å². The summed E-state index contributed by atoms with van der Waals surface area (Å²) in [7, 11) is 0. The Labute approximate surface area is 114 Å². The van der Waals surface area contributed by atoms with Crippen molar-refractivity contribution in [2.45, 2.75) is 19.4 Å². The van der Waals surface area contributed by atoms with Gasteiger partial charge < -0.3 is 10.4 Å². The fourth-order valence-corrected chi connectivity index (χ4v) is 2.62. The van der Waals surface area contributed by atoms with Crippen LogP contribution in [-0.2, 0) is 6.42 Å². The second kappa shape index (κ2) is 5.84. The standard InChI is InChI=1S/C14H14FNO2S/c1-9(7-11-3-2-6-19-11)16-14(18)12-5-4-10(15)8-13(12)17/h2-6,8-9,17H,7H2,1H3,(H,16,18). The first kappa shape index (κ1) is 13.5. The highest BCUT2D eigenvalue weighted by Gasteiger charge is 2.14. The van der Waals surface area contributed by atoms with Crippen LogP contribution in [0, 0.1) is 5.82 Å². The van der Waals surface area contributed by atoms with E-state index < -0.39 is 11.7 Å². The number of amides is 1. The van der Waals surface area contributed by atoms with Gasteiger partial charge in [0.2, 0.25) is 0 Å². The van der Waals surface area contributed by atoms with Crippen LogP contribution in [0.1, 0.15) is 22.2 Å². The van der Waals surface area contributed by atoms with Crippen LogP contribution in [0.5, 0.6) is 5.75 Å². The average molecular weight is 279 g/mol. The van der Waals surface area contributed by atoms with Gasteiger partial charge >= 0.3 is 0 Å². The number of hydrogen-bond donors (Lipinski definition) is 2. The Bertz CT molecular complexity index is 569. The van der Waals surface area contributed by atoms with Crippen LogP contribution < -0.4 is 5.32 Å². The number of phenolic OH excluding ortho intramolecular Hbond substituents is 1. The zero-order valence-electron chi connectivity index (χ0n) is 10.4. The van der Waals surface area contributed by atoms with Crippen LogP contribution in [0.3, 0.4) is 0 Å². The molecule has 2 aromatic rings. The quantitative estimate of drug-likeness (QED) is 0.904. The predicted octanol–water partition coefficient (Wildman–Crippen LogP) is 2.95. The molecule has 0 spiro atoms. The second-order valence-corrected chi connectivity index (χ2v) is 5.35. The van der Waals surface area contributed by atoms with Gasteiger partial charge in [0.25, 0.3) is 5.91 Å². The summed E-state index contributed by atoms with van der Waals surface area (Å²) in [5.41, 5.74) is 0.0828. The van der Waals surface area contributed by atoms with E-state index in [2.05, 4.69) is 5.32 Å². The summed E-state index contributed by atoms with van der Waals surface area (Å²) < 4.78 is 12.8. The fourth-order valence-electron chi connectivity index (χ4n) is 1.78. The monoisotopic (exact) mass is 279 g/mol. The maximum atomic E-state index is 12.8. The molecule has 0 fully saturated rings. The lowest BCUT2D eigenvalue weighted by Crippen LogP contribution is -2.33. The number of carbonyl (C=O) groups excluding carboxylic acids is 1. The van der Waals surface area contributed by atoms with Crippen LogP contribution in [0.15, 0.2) is 35.7 Å². The van der Waals surface area contributed by atoms with Crippen LogP contribution in [0.25, 0.3) is 0 Å². The van der Waals surface area contributed by atoms with Gasteiger partial charge in [-0.25, -0.2) is 4.39 Å². The molecule has 0 aliphatic rings. The maximum Gasteiger partial charge on any atom is 0.255 e. The molecular formula is C14H14FNO2S. The molecule has 100 valence electrons. The van der Waals surface area contributed by atoms with Gasteiger partial charge in [0.05, 0.1) is 5.56 Å². The Morgan fingerprint density at radius 1 is 1.47 bits per heavy atom. The average Bonchev–Trinajstić information content (AvgIpc) is 2.81. The maximum absolute atomic E-state index is 12.8. The van der Waals surface area contributed by atoms with Gasteiger partial charge in [-0.2, -0.15) is 0 Å². The minimum absolute atomic E-state index is 0.0596. The molecule has 0 bridgehead atoms. The van der Waals surface area contributed by atoms with E-state index in [1.165, 1.54) is 10.9 Å². The summed E-state index contributed by atoms with van der Waals surface area (Å²) in [4.78, 5) is 13.1. The molecule has 1 heterocycles. The van der Waals surface area contributed by atoms with Crippen molar-refractivity contribution >= 4 is 17.2 Å². The van der Waals surface area contributed by atoms with Gasteiger partial charge in [0, 0.05) is 23.4 Å². The van der Waals surface area contributed by atoms with Crippen LogP contribution in [0.2, 0.25) is 0 Å². The van der Waals surface area contributed by atoms with Crippen molar-refractivity contribution in [2.75, 3.05) is 0 Å². The number of benzene rings is 1. The van der Waals surface area contributed by atoms with Crippen molar-refractivity contribution in [3.63, 3.8) is 0 Å². The van der Waals surface area contributed by atoms with Gasteiger partial charge in [0.15, 0.2) is 0 Å². The van der Waals surface area contributed by atoms with Crippen LogP contribution in [-0.4, -0.2) is 17.1 Å². The minimum Gasteiger partial charge on any atom is -0.507 e. The highest BCUT2D eigenvalue weighted by molar-refractivity contribution is 7.09. The van der Waals surface area contributed by atoms with Gasteiger partial charge in [-0.3, -0.25) is 4.79 Å². The topological polar surface area (TPSA) is 49.3 Å². The van der Waals surface area contributed by atoms with Gasteiger partial charge in [-0.15, -0.1) is 11.3 Å². The predicted molar refractivity (Wildman–Crippen MR) is 73.0 cm³/mol. The van der Waals surface area contributed by atoms with Crippen molar-refractivity contribution in [1.82, 2.24) is 5.32 Å². The molecule has 1 aromatic carbocycles. The van der Waals surface area contributed by atoms with Crippen molar-refractivity contribution in [3.8, 4) is 5.75 Å². The van der Waals surface area contributed by atoms with E-state index in [0.717, 1.165) is 18.6 Å². The number of carbonyl (C=O) groups is 1. The van der Waals surface area contributed by atoms with E-state index in [4.69, 9.17) is 0 Å². The summed E-state index contributed by atoms with van der Waals surface area (Å²) in [6.07, 6.45) is 0.728. The molecule has 1 aromatic heterocycles. The molecule has 1 amide bonds. The molecule has 3 nitrogen and oxygen atoms in total. The Balaban J connectivity index is 2.00. The van der Waals surface area contributed by atoms with Crippen molar-refractivity contribution < 1.29 is 14.3 Å². The van der Waals surface area contributed by atoms with Crippen molar-refractivity contribution in [3.05, 3.63) is 52.0 Å². The molecule has 2 rings (SSSR count). The van der Waals surface area contributed by atoms with E-state index in [-0.39, 0.29) is 17.4 Å². The third-order valence-electron chi connectivity index (χ3n) is 2.67. The Morgan fingerprint density at radius 3 is 2.89 bits per heavy atom. The normalized spacial score (nSPS) is 12.1. The number of rotatable bonds is 4. The Kier molecular flexibility index (Phi) is 4.16. The van der Waals surface area contributed by atoms with Gasteiger partial charge in [0.1, 0.15) is 11.6 Å². The summed E-state index contributed by atoms with van der Waals surface area (Å²) in [6, 6.07) is 7.26. The highest BCUT2D eigenvalue weighted by atomic mass is 32.1. The molecule has 0 saturated carbocycles. The molecular weight excluding hydrogens is 265 g/mol. The van der Waals surface area contributed by atoms with E-state index in [9.17, 15) is 14.3 Å². The molecule has 0 aliphatic carbocycles. The number of thiophene rings is 1. The van der Waals surface area contributed by atoms with Crippen molar-refractivity contribution in [1.29, 1.82) is 0 Å². The first-order valence-electron chi connectivity index (χ1n) is 5.88. The molecule has 0 radical (unpaired) electrons. The second-order valence-electron chi connectivity index (χ2n) is 4.32. The van der Waals surface area contributed by atoms with E-state index in [1.807, 2.05) is 24.4 Å². The van der Waals surface area contributed by atoms with Crippen LogP contribution >= 0.6 is 11.3 Å². The molecule has 19 heavy (non-hydrogen) atoms. The largest absolute Gasteiger partial charge is 0.507 e. The summed E-state index contributed by atoms with van der Waals surface area (Å²) in [6.45, 7) is 1.89. The molecule has 5 heteroatoms. The summed E-state index contributed by atoms with van der Waals surface area (Å²) in [5, 5.41) is 14.3. The lowest BCUT2D eigenvalue weighted by molar-refractivity contribution is 0.0937. The number of nitrogens with one attached hydrogen (secondary N) is 1. The van der Waals surface area contributed by atoms with Gasteiger partial charge in [-0.05, 0) is 30.5 Å². The lowest BCUT2D eigenvalue weighted by atomic mass is 10.1. The third-order valence-corrected chi connectivity index (χ3v) is 3.57. The summed E-state index contributed by atoms with van der Waals surface area (Å²) in [5.74, 6) is -1.32. The molecule has 2 N–H and O–H groups in total. The third kappa shape index (κ3) is 3.54. The number of halogens is 1. The first-order chi connectivity index (χ1) is 9.06. The smallest absolute Gasteiger partial charge is 0.255 e. The Hall–Kier alpha value is -1.88. The zero-order valence-corrected chi connectivity index (χ0v) is 11.2. The number of phenols is 1. The van der Waals surface area contributed by atoms with E-state index in [1.54, 1.807) is 11.3 Å². The van der Waals surface area contributed by atoms with E-state index in [0.29, 0.717) is 0 Å². The lowest BCUT2D eigenvalue weighted by Gasteiger charge is -2.13. The van der Waals surface area contributed by atoms with Crippen molar-refractivity contribution in [2.24, 2.45) is 0 Å². The first-order valence-corrected chi connectivity index (χ1v) is 6.76. The Morgan fingerprint density at radius 2 is 2.26 bits per heavy atom. The fraction of sp³-hybridized carbons (Fsp3) is 0.214. The molecule has 1 atom stereocenters. The zero-order chi connectivity index (χ0) is 13.8. The highest BCUT2D eigenvalue weighted by Crippen LogP contribution is 2.18. The number of hydrogen-bond acceptors (Lipinski definition) is 3. The summed E-state index contributed by atoms with van der Waals surface area (Å²) >= 11 is 1.63. The van der Waals surface area contributed by atoms with Gasteiger partial charge in [-0.1, -0.05) is 6.07 Å². The molecule has 0 aliphatic heterocycles. The van der Waals surface area contributed by atoms with Crippen LogP contribution in [0.4, 0.5) is 4.39 Å². The molecule has 1 unspecified atom stereocenters. The SMILES string of the molecule is CC(Cc1cccs1)NC(=O)c1ccc(F)cc1O. The molecule has 0 saturated heterocycles. The number of aromatic hydroxyl groups is 1.